The molecule has 26 heavy (non-hydrogen) atoms. The highest BCUT2D eigenvalue weighted by Gasteiger charge is 2.28. The average Bonchev–Trinajstić information content (AvgIpc) is 3.27. The molecule has 0 spiro atoms. The Morgan fingerprint density at radius 1 is 1.31 bits per heavy atom. The van der Waals surface area contributed by atoms with Gasteiger partial charge in [-0.2, -0.15) is 10.1 Å². The number of nitrogens with zero attached hydrogens (tertiary/aromatic N) is 4. The third-order valence-corrected chi connectivity index (χ3v) is 4.60. The van der Waals surface area contributed by atoms with E-state index < -0.39 is 0 Å². The Hall–Kier alpha value is -3.16. The predicted octanol–water partition coefficient (Wildman–Crippen LogP) is 1.32. The van der Waals surface area contributed by atoms with Gasteiger partial charge in [-0.3, -0.25) is 9.59 Å². The molecule has 0 saturated carbocycles. The fraction of sp³-hybridized carbons (Fsp3) is 0.333. The second kappa shape index (κ2) is 6.62. The molecular formula is C18H19N5O3. The lowest BCUT2D eigenvalue weighted by Crippen LogP contribution is -2.41. The molecule has 1 aromatic carbocycles. The minimum atomic E-state index is -0.301. The van der Waals surface area contributed by atoms with Crippen molar-refractivity contribution in [2.45, 2.75) is 18.9 Å². The van der Waals surface area contributed by atoms with Gasteiger partial charge >= 0.3 is 0 Å². The third kappa shape index (κ3) is 3.05. The highest BCUT2D eigenvalue weighted by molar-refractivity contribution is 5.92. The molecule has 3 heterocycles. The highest BCUT2D eigenvalue weighted by atomic mass is 16.4. The van der Waals surface area contributed by atoms with Crippen LogP contribution in [0.3, 0.4) is 0 Å². The van der Waals surface area contributed by atoms with Gasteiger partial charge < -0.3 is 14.6 Å². The van der Waals surface area contributed by atoms with E-state index in [1.165, 1.54) is 19.2 Å². The van der Waals surface area contributed by atoms with E-state index in [2.05, 4.69) is 20.3 Å². The SMILES string of the molecule is Cn1nc(C(=O)NCC2CCCN2c2nc3ccccc3o2)ccc1=O. The molecule has 8 heteroatoms. The van der Waals surface area contributed by atoms with E-state index in [0.29, 0.717) is 12.6 Å². The first-order valence-corrected chi connectivity index (χ1v) is 8.56. The number of oxazole rings is 1. The maximum absolute atomic E-state index is 12.3. The second-order valence-corrected chi connectivity index (χ2v) is 6.34. The molecule has 1 aliphatic rings. The minimum Gasteiger partial charge on any atom is -0.423 e. The zero-order valence-electron chi connectivity index (χ0n) is 14.4. The first kappa shape index (κ1) is 16.3. The summed E-state index contributed by atoms with van der Waals surface area (Å²) in [4.78, 5) is 30.3. The number of benzene rings is 1. The van der Waals surface area contributed by atoms with Gasteiger partial charge in [0.25, 0.3) is 17.5 Å². The van der Waals surface area contributed by atoms with Crippen molar-refractivity contribution < 1.29 is 9.21 Å². The van der Waals surface area contributed by atoms with Gasteiger partial charge in [0.1, 0.15) is 11.2 Å². The number of hydrogen-bond acceptors (Lipinski definition) is 6. The minimum absolute atomic E-state index is 0.111. The number of anilines is 1. The van der Waals surface area contributed by atoms with Crippen molar-refractivity contribution in [2.75, 3.05) is 18.0 Å². The molecule has 2 aromatic heterocycles. The Balaban J connectivity index is 1.46. The molecule has 1 N–H and O–H groups in total. The standard InChI is InChI=1S/C18H19N5O3/c1-22-16(24)9-8-14(21-22)17(25)19-11-12-5-4-10-23(12)18-20-13-6-2-3-7-15(13)26-18/h2-3,6-9,12H,4-5,10-11H2,1H3,(H,19,25). The Labute approximate surface area is 149 Å². The Kier molecular flexibility index (Phi) is 4.16. The molecule has 3 aromatic rings. The molecule has 0 bridgehead atoms. The van der Waals surface area contributed by atoms with Crippen LogP contribution < -0.4 is 15.8 Å². The summed E-state index contributed by atoms with van der Waals surface area (Å²) in [5, 5.41) is 6.86. The molecular weight excluding hydrogens is 334 g/mol. The van der Waals surface area contributed by atoms with Crippen molar-refractivity contribution in [3.05, 3.63) is 52.4 Å². The van der Waals surface area contributed by atoms with E-state index in [4.69, 9.17) is 4.42 Å². The van der Waals surface area contributed by atoms with E-state index in [0.717, 1.165) is 35.2 Å². The van der Waals surface area contributed by atoms with Crippen LogP contribution in [0.25, 0.3) is 11.1 Å². The maximum Gasteiger partial charge on any atom is 0.298 e. The van der Waals surface area contributed by atoms with Crippen LogP contribution in [0.1, 0.15) is 23.3 Å². The van der Waals surface area contributed by atoms with E-state index in [9.17, 15) is 9.59 Å². The van der Waals surface area contributed by atoms with Crippen molar-refractivity contribution >= 4 is 23.0 Å². The van der Waals surface area contributed by atoms with Gasteiger partial charge in [-0.05, 0) is 31.0 Å². The number of carbonyl (C=O) groups is 1. The van der Waals surface area contributed by atoms with Gasteiger partial charge in [0.2, 0.25) is 0 Å². The van der Waals surface area contributed by atoms with Crippen molar-refractivity contribution in [2.24, 2.45) is 7.05 Å². The molecule has 0 aliphatic carbocycles. The van der Waals surface area contributed by atoms with Gasteiger partial charge in [-0.15, -0.1) is 0 Å². The van der Waals surface area contributed by atoms with Gasteiger partial charge in [0.15, 0.2) is 5.58 Å². The molecule has 1 atom stereocenters. The summed E-state index contributed by atoms with van der Waals surface area (Å²) in [7, 11) is 1.52. The highest BCUT2D eigenvalue weighted by Crippen LogP contribution is 2.27. The normalized spacial score (nSPS) is 17.0. The van der Waals surface area contributed by atoms with Crippen molar-refractivity contribution in [1.29, 1.82) is 0 Å². The van der Waals surface area contributed by atoms with E-state index in [1.807, 2.05) is 24.3 Å². The Morgan fingerprint density at radius 2 is 2.15 bits per heavy atom. The summed E-state index contributed by atoms with van der Waals surface area (Å²) in [5.41, 5.74) is 1.55. The van der Waals surface area contributed by atoms with Gasteiger partial charge in [-0.25, -0.2) is 4.68 Å². The number of aromatic nitrogens is 3. The van der Waals surface area contributed by atoms with Crippen LogP contribution in [0, 0.1) is 0 Å². The molecule has 1 aliphatic heterocycles. The molecule has 1 fully saturated rings. The first-order valence-electron chi connectivity index (χ1n) is 8.56. The summed E-state index contributed by atoms with van der Waals surface area (Å²) in [6, 6.07) is 11.1. The summed E-state index contributed by atoms with van der Waals surface area (Å²) in [5.74, 6) is -0.301. The summed E-state index contributed by atoms with van der Waals surface area (Å²) in [6.45, 7) is 1.30. The molecule has 4 rings (SSSR count). The number of nitrogens with one attached hydrogen (secondary N) is 1. The van der Waals surface area contributed by atoms with Crippen molar-refractivity contribution in [3.8, 4) is 0 Å². The average molecular weight is 353 g/mol. The van der Waals surface area contributed by atoms with E-state index in [1.54, 1.807) is 0 Å². The summed E-state index contributed by atoms with van der Waals surface area (Å²) in [6.07, 6.45) is 1.96. The molecule has 1 saturated heterocycles. The van der Waals surface area contributed by atoms with Crippen molar-refractivity contribution in [1.82, 2.24) is 20.1 Å². The van der Waals surface area contributed by atoms with Crippen LogP contribution in [0.2, 0.25) is 0 Å². The quantitative estimate of drug-likeness (QED) is 0.760. The smallest absolute Gasteiger partial charge is 0.298 e. The molecule has 1 unspecified atom stereocenters. The molecule has 134 valence electrons. The van der Waals surface area contributed by atoms with E-state index in [-0.39, 0.29) is 23.2 Å². The fourth-order valence-electron chi connectivity index (χ4n) is 3.21. The Morgan fingerprint density at radius 3 is 2.96 bits per heavy atom. The van der Waals surface area contributed by atoms with Crippen LogP contribution in [0.4, 0.5) is 6.01 Å². The van der Waals surface area contributed by atoms with Gasteiger partial charge in [-0.1, -0.05) is 12.1 Å². The lowest BCUT2D eigenvalue weighted by molar-refractivity contribution is 0.0944. The zero-order chi connectivity index (χ0) is 18.1. The van der Waals surface area contributed by atoms with Gasteiger partial charge in [0.05, 0.1) is 6.04 Å². The van der Waals surface area contributed by atoms with Crippen LogP contribution >= 0.6 is 0 Å². The number of amides is 1. The molecule has 8 nitrogen and oxygen atoms in total. The monoisotopic (exact) mass is 353 g/mol. The summed E-state index contributed by atoms with van der Waals surface area (Å²) < 4.78 is 7.00. The first-order chi connectivity index (χ1) is 12.6. The third-order valence-electron chi connectivity index (χ3n) is 4.60. The topological polar surface area (TPSA) is 93.3 Å². The number of rotatable bonds is 4. The number of carbonyl (C=O) groups excluding carboxylic acids is 1. The predicted molar refractivity (Wildman–Crippen MR) is 96.2 cm³/mol. The Bertz CT molecular complexity index is 976. The van der Waals surface area contributed by atoms with Crippen molar-refractivity contribution in [3.63, 3.8) is 0 Å². The number of para-hydroxylation sites is 2. The number of aryl methyl sites for hydroxylation is 1. The van der Waals surface area contributed by atoms with Crippen LogP contribution in [0.15, 0.2) is 45.6 Å². The lowest BCUT2D eigenvalue weighted by atomic mass is 10.2. The maximum atomic E-state index is 12.3. The number of fused-ring (bicyclic) bond motifs is 1. The lowest BCUT2D eigenvalue weighted by Gasteiger charge is -2.22. The van der Waals surface area contributed by atoms with Crippen LogP contribution in [-0.4, -0.2) is 39.8 Å². The van der Waals surface area contributed by atoms with E-state index >= 15 is 0 Å². The van der Waals surface area contributed by atoms with Gasteiger partial charge in [0, 0.05) is 26.2 Å². The largest absolute Gasteiger partial charge is 0.423 e. The zero-order valence-corrected chi connectivity index (χ0v) is 14.4. The van der Waals surface area contributed by atoms with Crippen LogP contribution in [-0.2, 0) is 7.05 Å². The molecule has 0 radical (unpaired) electrons. The fourth-order valence-corrected chi connectivity index (χ4v) is 3.21. The molecule has 1 amide bonds. The number of hydrogen-bond donors (Lipinski definition) is 1. The second-order valence-electron chi connectivity index (χ2n) is 6.34. The summed E-state index contributed by atoms with van der Waals surface area (Å²) >= 11 is 0. The van der Waals surface area contributed by atoms with Crippen LogP contribution in [0.5, 0.6) is 0 Å².